The Morgan fingerprint density at radius 2 is 1.89 bits per heavy atom. The number of amides is 2. The molecule has 1 rings (SSSR count). The van der Waals surface area contributed by atoms with Crippen molar-refractivity contribution in [1.29, 1.82) is 0 Å². The van der Waals surface area contributed by atoms with Crippen molar-refractivity contribution in [3.05, 3.63) is 9.34 Å². The van der Waals surface area contributed by atoms with Gasteiger partial charge in [-0.05, 0) is 22.6 Å². The third kappa shape index (κ3) is 0.913. The molecule has 2 amide bonds. The molecule has 9 heavy (non-hydrogen) atoms. The SMILES string of the molecule is O=C1NC(=O)C(I)=C1O. The van der Waals surface area contributed by atoms with Crippen molar-refractivity contribution in [2.75, 3.05) is 0 Å². The molecule has 2 N–H and O–H groups in total. The molecule has 0 aromatic rings. The van der Waals surface area contributed by atoms with Crippen LogP contribution in [-0.4, -0.2) is 16.9 Å². The average Bonchev–Trinajstić information content (AvgIpc) is 1.98. The third-order valence-corrected chi connectivity index (χ3v) is 1.85. The molecule has 0 fully saturated rings. The molecule has 0 bridgehead atoms. The molecule has 5 heteroatoms. The van der Waals surface area contributed by atoms with Crippen molar-refractivity contribution >= 4 is 34.4 Å². The number of nitrogens with one attached hydrogen (secondary N) is 1. The van der Waals surface area contributed by atoms with Crippen LogP contribution >= 0.6 is 22.6 Å². The van der Waals surface area contributed by atoms with Crippen molar-refractivity contribution in [2.24, 2.45) is 0 Å². The largest absolute Gasteiger partial charge is 0.502 e. The number of halogens is 1. The number of aliphatic hydroxyl groups is 1. The summed E-state index contributed by atoms with van der Waals surface area (Å²) >= 11 is 1.60. The Kier molecular flexibility index (Phi) is 1.43. The van der Waals surface area contributed by atoms with Crippen LogP contribution in [0.5, 0.6) is 0 Å². The predicted octanol–water partition coefficient (Wildman–Crippen LogP) is -0.153. The summed E-state index contributed by atoms with van der Waals surface area (Å²) in [5.74, 6) is -1.73. The van der Waals surface area contributed by atoms with E-state index in [0.717, 1.165) is 0 Å². The first-order chi connectivity index (χ1) is 4.13. The molecule has 1 aliphatic rings. The number of carbonyl (C=O) groups is 2. The van der Waals surface area contributed by atoms with Gasteiger partial charge in [0.05, 0.1) is 0 Å². The van der Waals surface area contributed by atoms with Gasteiger partial charge in [0, 0.05) is 0 Å². The maximum Gasteiger partial charge on any atom is 0.294 e. The second kappa shape index (κ2) is 1.98. The zero-order valence-corrected chi connectivity index (χ0v) is 6.30. The summed E-state index contributed by atoms with van der Waals surface area (Å²) < 4.78 is 0.0533. The van der Waals surface area contributed by atoms with Gasteiger partial charge in [0.1, 0.15) is 3.58 Å². The monoisotopic (exact) mass is 239 g/mol. The standard InChI is InChI=1S/C4H2INO3/c5-1-2(7)4(9)6-3(1)8/h(H2,6,7,8,9). The van der Waals surface area contributed by atoms with E-state index < -0.39 is 17.6 Å². The van der Waals surface area contributed by atoms with Gasteiger partial charge in [-0.1, -0.05) is 0 Å². The second-order valence-electron chi connectivity index (χ2n) is 1.45. The molecule has 0 aliphatic carbocycles. The van der Waals surface area contributed by atoms with E-state index in [0.29, 0.717) is 0 Å². The molecular formula is C4H2INO3. The Hall–Kier alpha value is -0.590. The van der Waals surface area contributed by atoms with Crippen LogP contribution in [0.3, 0.4) is 0 Å². The second-order valence-corrected chi connectivity index (χ2v) is 2.52. The predicted molar refractivity (Wildman–Crippen MR) is 36.8 cm³/mol. The number of hydrogen-bond acceptors (Lipinski definition) is 3. The average molecular weight is 239 g/mol. The number of rotatable bonds is 0. The maximum absolute atomic E-state index is 10.4. The topological polar surface area (TPSA) is 66.4 Å². The van der Waals surface area contributed by atoms with Crippen LogP contribution in [-0.2, 0) is 9.59 Å². The van der Waals surface area contributed by atoms with Crippen molar-refractivity contribution in [3.8, 4) is 0 Å². The lowest BCUT2D eigenvalue weighted by Gasteiger charge is -1.83. The Balaban J connectivity index is 3.06. The van der Waals surface area contributed by atoms with Crippen LogP contribution in [0, 0.1) is 0 Å². The highest BCUT2D eigenvalue weighted by atomic mass is 127. The highest BCUT2D eigenvalue weighted by Crippen LogP contribution is 2.15. The summed E-state index contributed by atoms with van der Waals surface area (Å²) in [6, 6.07) is 0. The molecule has 0 radical (unpaired) electrons. The zero-order chi connectivity index (χ0) is 7.02. The van der Waals surface area contributed by atoms with Gasteiger partial charge in [-0.25, -0.2) is 0 Å². The molecule has 0 saturated carbocycles. The van der Waals surface area contributed by atoms with E-state index in [2.05, 4.69) is 0 Å². The molecule has 0 saturated heterocycles. The van der Waals surface area contributed by atoms with E-state index in [9.17, 15) is 9.59 Å². The molecule has 48 valence electrons. The van der Waals surface area contributed by atoms with Gasteiger partial charge in [-0.15, -0.1) is 0 Å². The first-order valence-corrected chi connectivity index (χ1v) is 3.15. The Morgan fingerprint density at radius 3 is 2.00 bits per heavy atom. The third-order valence-electron chi connectivity index (χ3n) is 0.849. The Labute approximate surface area is 64.1 Å². The lowest BCUT2D eigenvalue weighted by molar-refractivity contribution is -0.124. The van der Waals surface area contributed by atoms with Gasteiger partial charge < -0.3 is 5.11 Å². The van der Waals surface area contributed by atoms with Crippen LogP contribution in [0.25, 0.3) is 0 Å². The van der Waals surface area contributed by atoms with Gasteiger partial charge >= 0.3 is 0 Å². The number of aliphatic hydroxyl groups excluding tert-OH is 1. The molecule has 0 unspecified atom stereocenters. The zero-order valence-electron chi connectivity index (χ0n) is 4.14. The van der Waals surface area contributed by atoms with E-state index in [1.807, 2.05) is 5.32 Å². The first-order valence-electron chi connectivity index (χ1n) is 2.07. The van der Waals surface area contributed by atoms with Crippen LogP contribution in [0.15, 0.2) is 9.34 Å². The molecule has 1 aliphatic heterocycles. The number of hydrogen-bond donors (Lipinski definition) is 2. The van der Waals surface area contributed by atoms with Crippen LogP contribution in [0.2, 0.25) is 0 Å². The van der Waals surface area contributed by atoms with Crippen LogP contribution in [0.1, 0.15) is 0 Å². The smallest absolute Gasteiger partial charge is 0.294 e. The van der Waals surface area contributed by atoms with Gasteiger partial charge in [-0.2, -0.15) is 0 Å². The van der Waals surface area contributed by atoms with E-state index >= 15 is 0 Å². The van der Waals surface area contributed by atoms with Crippen molar-refractivity contribution in [1.82, 2.24) is 5.32 Å². The first kappa shape index (κ1) is 6.53. The van der Waals surface area contributed by atoms with Gasteiger partial charge in [0.25, 0.3) is 11.8 Å². The normalized spacial score (nSPS) is 18.8. The van der Waals surface area contributed by atoms with Crippen LogP contribution < -0.4 is 5.32 Å². The summed E-state index contributed by atoms with van der Waals surface area (Å²) in [6.07, 6.45) is 0. The fraction of sp³-hybridized carbons (Fsp3) is 0. The minimum Gasteiger partial charge on any atom is -0.502 e. The molecular weight excluding hydrogens is 237 g/mol. The fourth-order valence-corrected chi connectivity index (χ4v) is 0.804. The van der Waals surface area contributed by atoms with Crippen molar-refractivity contribution in [2.45, 2.75) is 0 Å². The van der Waals surface area contributed by atoms with Gasteiger partial charge in [0.15, 0.2) is 0 Å². The maximum atomic E-state index is 10.4. The minimum atomic E-state index is -0.718. The Bertz CT molecular complexity index is 198. The summed E-state index contributed by atoms with van der Waals surface area (Å²) in [7, 11) is 0. The Morgan fingerprint density at radius 1 is 1.33 bits per heavy atom. The summed E-state index contributed by atoms with van der Waals surface area (Å²) in [5, 5.41) is 10.6. The molecule has 1 heterocycles. The summed E-state index contributed by atoms with van der Waals surface area (Å²) in [4.78, 5) is 20.8. The number of imide groups is 1. The highest BCUT2D eigenvalue weighted by Gasteiger charge is 2.27. The van der Waals surface area contributed by atoms with E-state index in [1.54, 1.807) is 22.6 Å². The van der Waals surface area contributed by atoms with Crippen molar-refractivity contribution < 1.29 is 14.7 Å². The fourth-order valence-electron chi connectivity index (χ4n) is 0.424. The summed E-state index contributed by atoms with van der Waals surface area (Å²) in [5.41, 5.74) is 0. The lowest BCUT2D eigenvalue weighted by Crippen LogP contribution is -2.22. The van der Waals surface area contributed by atoms with Gasteiger partial charge in [-0.3, -0.25) is 14.9 Å². The van der Waals surface area contributed by atoms with E-state index in [-0.39, 0.29) is 3.58 Å². The quantitative estimate of drug-likeness (QED) is 0.456. The van der Waals surface area contributed by atoms with E-state index in [1.165, 1.54) is 0 Å². The molecule has 0 atom stereocenters. The molecule has 4 nitrogen and oxygen atoms in total. The molecule has 0 aromatic heterocycles. The molecule has 0 aromatic carbocycles. The minimum absolute atomic E-state index is 0.0533. The van der Waals surface area contributed by atoms with Gasteiger partial charge in [0.2, 0.25) is 5.76 Å². The summed E-state index contributed by atoms with van der Waals surface area (Å²) in [6.45, 7) is 0. The number of carbonyl (C=O) groups excluding carboxylic acids is 2. The van der Waals surface area contributed by atoms with Crippen LogP contribution in [0.4, 0.5) is 0 Å². The highest BCUT2D eigenvalue weighted by molar-refractivity contribution is 14.1. The molecule has 0 spiro atoms. The lowest BCUT2D eigenvalue weighted by atomic mass is 10.5. The van der Waals surface area contributed by atoms with Crippen molar-refractivity contribution in [3.63, 3.8) is 0 Å². The van der Waals surface area contributed by atoms with E-state index in [4.69, 9.17) is 5.11 Å².